The molecule has 0 saturated carbocycles. The van der Waals surface area contributed by atoms with Crippen LogP contribution in [-0.4, -0.2) is 17.8 Å². The summed E-state index contributed by atoms with van der Waals surface area (Å²) in [5, 5.41) is 0. The average Bonchev–Trinajstić information content (AvgIpc) is 3.37. The molecule has 6 heteroatoms. The van der Waals surface area contributed by atoms with Crippen molar-refractivity contribution in [3.8, 4) is 11.5 Å². The lowest BCUT2D eigenvalue weighted by Crippen LogP contribution is -3.00. The highest BCUT2D eigenvalue weighted by atomic mass is 79.9. The molecule has 0 amide bonds. The molecule has 2 aromatic carbocycles. The second-order valence-corrected chi connectivity index (χ2v) is 7.82. The van der Waals surface area contributed by atoms with Crippen LogP contribution in [-0.2, 0) is 25.9 Å². The van der Waals surface area contributed by atoms with E-state index in [4.69, 9.17) is 9.47 Å². The van der Waals surface area contributed by atoms with Crippen molar-refractivity contribution in [3.63, 3.8) is 0 Å². The molecule has 1 aromatic heterocycles. The monoisotopic (exact) mass is 490 g/mol. The molecular formula is C21H20Br2N2O2. The van der Waals surface area contributed by atoms with Gasteiger partial charge in [0.25, 0.3) is 0 Å². The summed E-state index contributed by atoms with van der Waals surface area (Å²) < 4.78 is 17.3. The first-order valence-corrected chi connectivity index (χ1v) is 9.78. The van der Waals surface area contributed by atoms with E-state index >= 15 is 0 Å². The Morgan fingerprint density at radius 1 is 1.07 bits per heavy atom. The van der Waals surface area contributed by atoms with Crippen LogP contribution in [0, 0.1) is 0 Å². The molecule has 2 aliphatic heterocycles. The fraction of sp³-hybridized carbons (Fsp3) is 0.286. The van der Waals surface area contributed by atoms with E-state index in [2.05, 4.69) is 74.1 Å². The molecule has 0 bridgehead atoms. The van der Waals surface area contributed by atoms with Crippen molar-refractivity contribution in [2.45, 2.75) is 25.9 Å². The summed E-state index contributed by atoms with van der Waals surface area (Å²) in [5.41, 5.74) is 5.18. The number of benzene rings is 2. The summed E-state index contributed by atoms with van der Waals surface area (Å²) in [4.78, 5) is 0. The average molecular weight is 492 g/mol. The third-order valence-corrected chi connectivity index (χ3v) is 5.65. The predicted molar refractivity (Wildman–Crippen MR) is 102 cm³/mol. The molecular weight excluding hydrogens is 472 g/mol. The van der Waals surface area contributed by atoms with E-state index in [9.17, 15) is 0 Å². The van der Waals surface area contributed by atoms with Crippen LogP contribution in [0.5, 0.6) is 11.5 Å². The highest BCUT2D eigenvalue weighted by Crippen LogP contribution is 2.40. The fourth-order valence-electron chi connectivity index (χ4n) is 3.86. The number of nitrogens with zero attached hydrogens (tertiary/aromatic N) is 2. The summed E-state index contributed by atoms with van der Waals surface area (Å²) in [6, 6.07) is 10.6. The molecule has 0 fully saturated rings. The van der Waals surface area contributed by atoms with Crippen molar-refractivity contribution in [2.24, 2.45) is 0 Å². The Bertz CT molecular complexity index is 935. The van der Waals surface area contributed by atoms with Gasteiger partial charge in [0.1, 0.15) is 37.0 Å². The van der Waals surface area contributed by atoms with Crippen molar-refractivity contribution in [3.05, 3.63) is 75.8 Å². The number of aromatic nitrogens is 2. The molecule has 5 rings (SSSR count). The van der Waals surface area contributed by atoms with Crippen LogP contribution in [0.15, 0.2) is 53.5 Å². The Morgan fingerprint density at radius 2 is 1.89 bits per heavy atom. The number of fused-ring (bicyclic) bond motifs is 2. The molecule has 0 unspecified atom stereocenters. The number of imidazole rings is 1. The lowest BCUT2D eigenvalue weighted by Gasteiger charge is -2.11. The fourth-order valence-corrected chi connectivity index (χ4v) is 4.13. The molecule has 27 heavy (non-hydrogen) atoms. The highest BCUT2D eigenvalue weighted by molar-refractivity contribution is 9.10. The van der Waals surface area contributed by atoms with E-state index in [0.29, 0.717) is 0 Å². The van der Waals surface area contributed by atoms with Gasteiger partial charge in [0, 0.05) is 34.0 Å². The number of rotatable bonds is 4. The molecule has 0 spiro atoms. The molecule has 0 atom stereocenters. The van der Waals surface area contributed by atoms with Gasteiger partial charge in [0.05, 0.1) is 13.2 Å². The van der Waals surface area contributed by atoms with Gasteiger partial charge in [-0.1, -0.05) is 28.1 Å². The zero-order chi connectivity index (χ0) is 17.5. The number of halogens is 2. The molecule has 3 heterocycles. The first-order chi connectivity index (χ1) is 12.8. The minimum Gasteiger partial charge on any atom is -1.00 e. The zero-order valence-corrected chi connectivity index (χ0v) is 18.0. The maximum atomic E-state index is 5.96. The van der Waals surface area contributed by atoms with Crippen molar-refractivity contribution in [2.75, 3.05) is 13.2 Å². The van der Waals surface area contributed by atoms with Gasteiger partial charge in [-0.3, -0.25) is 0 Å². The highest BCUT2D eigenvalue weighted by Gasteiger charge is 2.27. The van der Waals surface area contributed by atoms with E-state index in [1.165, 1.54) is 22.3 Å². The number of hydrogen-bond donors (Lipinski definition) is 0. The van der Waals surface area contributed by atoms with Crippen molar-refractivity contribution >= 4 is 15.9 Å². The lowest BCUT2D eigenvalue weighted by atomic mass is 9.99. The lowest BCUT2D eigenvalue weighted by molar-refractivity contribution is -0.687. The van der Waals surface area contributed by atoms with Crippen molar-refractivity contribution < 1.29 is 31.0 Å². The zero-order valence-electron chi connectivity index (χ0n) is 14.8. The van der Waals surface area contributed by atoms with Crippen LogP contribution in [0.4, 0.5) is 0 Å². The number of ether oxygens (including phenoxy) is 2. The van der Waals surface area contributed by atoms with Crippen LogP contribution in [0.2, 0.25) is 0 Å². The maximum absolute atomic E-state index is 5.96. The maximum Gasteiger partial charge on any atom is 0.244 e. The number of hydrogen-bond acceptors (Lipinski definition) is 2. The van der Waals surface area contributed by atoms with Gasteiger partial charge < -0.3 is 26.5 Å². The van der Waals surface area contributed by atoms with E-state index < -0.39 is 0 Å². The van der Waals surface area contributed by atoms with Crippen LogP contribution >= 0.6 is 15.9 Å². The Hall–Kier alpha value is -1.79. The SMILES string of the molecule is Brc1ccc(C[n+]2ccn(Cc3c4c(cc5c3OCC5)OCC4)c2)cc1.[Br-]. The van der Waals surface area contributed by atoms with Crippen molar-refractivity contribution in [1.29, 1.82) is 0 Å². The van der Waals surface area contributed by atoms with Gasteiger partial charge in [0.15, 0.2) is 0 Å². The normalized spacial score (nSPS) is 14.1. The van der Waals surface area contributed by atoms with Crippen LogP contribution in [0.1, 0.15) is 22.3 Å². The van der Waals surface area contributed by atoms with Crippen LogP contribution < -0.4 is 31.0 Å². The molecule has 3 aromatic rings. The van der Waals surface area contributed by atoms with Gasteiger partial charge in [0.2, 0.25) is 6.33 Å². The minimum atomic E-state index is 0. The van der Waals surface area contributed by atoms with Gasteiger partial charge in [-0.25, -0.2) is 9.13 Å². The summed E-state index contributed by atoms with van der Waals surface area (Å²) in [6.07, 6.45) is 8.38. The Labute approximate surface area is 177 Å². The first-order valence-electron chi connectivity index (χ1n) is 8.99. The molecule has 2 aliphatic rings. The molecule has 0 radical (unpaired) electrons. The Kier molecular flexibility index (Phi) is 5.28. The Morgan fingerprint density at radius 3 is 2.74 bits per heavy atom. The topological polar surface area (TPSA) is 27.3 Å². The van der Waals surface area contributed by atoms with Gasteiger partial charge in [-0.05, 0) is 23.8 Å². The van der Waals surface area contributed by atoms with Crippen LogP contribution in [0.3, 0.4) is 0 Å². The third kappa shape index (κ3) is 3.65. The van der Waals surface area contributed by atoms with Crippen LogP contribution in [0.25, 0.3) is 0 Å². The second-order valence-electron chi connectivity index (χ2n) is 6.90. The largest absolute Gasteiger partial charge is 1.00 e. The Balaban J connectivity index is 0.00000180. The summed E-state index contributed by atoms with van der Waals surface area (Å²) in [6.45, 7) is 3.24. The smallest absolute Gasteiger partial charge is 0.244 e. The van der Waals surface area contributed by atoms with E-state index in [0.717, 1.165) is 55.1 Å². The molecule has 0 saturated heterocycles. The van der Waals surface area contributed by atoms with Gasteiger partial charge in [-0.15, -0.1) is 0 Å². The standard InChI is InChI=1S/C21H20BrN2O2.BrH/c22-17-3-1-15(2-4-17)12-23-7-8-24(14-23)13-19-18-6-10-25-20(18)11-16-5-9-26-21(16)19;/h1-4,7-8,11,14H,5-6,9-10,12-13H2;1H/q+1;/p-1. The third-order valence-electron chi connectivity index (χ3n) is 5.13. The van der Waals surface area contributed by atoms with Gasteiger partial charge in [-0.2, -0.15) is 0 Å². The molecule has 0 N–H and O–H groups in total. The minimum absolute atomic E-state index is 0. The van der Waals surface area contributed by atoms with E-state index in [1.807, 2.05) is 0 Å². The summed E-state index contributed by atoms with van der Waals surface area (Å²) in [5.74, 6) is 2.14. The van der Waals surface area contributed by atoms with E-state index in [1.54, 1.807) is 0 Å². The molecule has 4 nitrogen and oxygen atoms in total. The quantitative estimate of drug-likeness (QED) is 0.497. The summed E-state index contributed by atoms with van der Waals surface area (Å²) in [7, 11) is 0. The predicted octanol–water partition coefficient (Wildman–Crippen LogP) is 0.508. The molecule has 140 valence electrons. The first kappa shape index (κ1) is 18.6. The molecule has 0 aliphatic carbocycles. The van der Waals surface area contributed by atoms with E-state index in [-0.39, 0.29) is 17.0 Å². The second kappa shape index (κ2) is 7.68. The van der Waals surface area contributed by atoms with Gasteiger partial charge >= 0.3 is 0 Å². The van der Waals surface area contributed by atoms with Crippen molar-refractivity contribution in [1.82, 2.24) is 4.57 Å². The summed E-state index contributed by atoms with van der Waals surface area (Å²) >= 11 is 3.49.